The molecule has 0 saturated heterocycles. The summed E-state index contributed by atoms with van der Waals surface area (Å²) in [6, 6.07) is 0. The number of nitrogens with zero attached hydrogens (tertiary/aromatic N) is 1. The van der Waals surface area contributed by atoms with Crippen LogP contribution in [0.5, 0.6) is 5.75 Å². The van der Waals surface area contributed by atoms with Crippen molar-refractivity contribution in [2.24, 2.45) is 0 Å². The first-order valence-corrected chi connectivity index (χ1v) is 5.54. The first-order chi connectivity index (χ1) is 7.56. The van der Waals surface area contributed by atoms with Crippen molar-refractivity contribution in [1.29, 1.82) is 0 Å². The first kappa shape index (κ1) is 12.7. The average molecular weight is 221 g/mol. The zero-order valence-electron chi connectivity index (χ0n) is 10.5. The fraction of sp³-hybridized carbons (Fsp3) is 0.538. The van der Waals surface area contributed by atoms with E-state index in [1.165, 1.54) is 0 Å². The Morgan fingerprint density at radius 1 is 1.44 bits per heavy atom. The van der Waals surface area contributed by atoms with E-state index in [9.17, 15) is 4.79 Å². The predicted octanol–water partition coefficient (Wildman–Crippen LogP) is 2.62. The van der Waals surface area contributed by atoms with Gasteiger partial charge < -0.3 is 9.53 Å². The summed E-state index contributed by atoms with van der Waals surface area (Å²) in [5.74, 6) is 1.14. The molecule has 0 radical (unpaired) electrons. The summed E-state index contributed by atoms with van der Waals surface area (Å²) in [5.41, 5.74) is 3.17. The molecule has 88 valence electrons. The first-order valence-electron chi connectivity index (χ1n) is 5.54. The second kappa shape index (κ2) is 5.64. The monoisotopic (exact) mass is 221 g/mol. The van der Waals surface area contributed by atoms with Crippen molar-refractivity contribution in [1.82, 2.24) is 4.98 Å². The van der Waals surface area contributed by atoms with Gasteiger partial charge in [0.15, 0.2) is 0 Å². The largest absolute Gasteiger partial charge is 0.496 e. The molecular formula is C13H19NO2. The van der Waals surface area contributed by atoms with Gasteiger partial charge in [-0.2, -0.15) is 0 Å². The average Bonchev–Trinajstić information content (AvgIpc) is 2.22. The fourth-order valence-electron chi connectivity index (χ4n) is 1.83. The van der Waals surface area contributed by atoms with Gasteiger partial charge >= 0.3 is 0 Å². The van der Waals surface area contributed by atoms with Crippen LogP contribution in [0.25, 0.3) is 0 Å². The smallest absolute Gasteiger partial charge is 0.129 e. The lowest BCUT2D eigenvalue weighted by molar-refractivity contribution is -0.117. The van der Waals surface area contributed by atoms with Crippen LogP contribution in [-0.2, 0) is 11.2 Å². The molecule has 1 aromatic rings. The van der Waals surface area contributed by atoms with E-state index in [0.29, 0.717) is 6.42 Å². The van der Waals surface area contributed by atoms with Crippen molar-refractivity contribution < 1.29 is 9.53 Å². The summed E-state index contributed by atoms with van der Waals surface area (Å²) in [6.45, 7) is 5.62. The molecule has 0 saturated carbocycles. The number of hydrogen-bond donors (Lipinski definition) is 0. The number of aromatic nitrogens is 1. The quantitative estimate of drug-likeness (QED) is 0.767. The molecule has 1 aromatic heterocycles. The van der Waals surface area contributed by atoms with Gasteiger partial charge in [-0.15, -0.1) is 0 Å². The van der Waals surface area contributed by atoms with Crippen molar-refractivity contribution >= 4 is 5.78 Å². The molecule has 3 nitrogen and oxygen atoms in total. The van der Waals surface area contributed by atoms with Crippen LogP contribution in [0.1, 0.15) is 36.6 Å². The van der Waals surface area contributed by atoms with Crippen molar-refractivity contribution in [2.75, 3.05) is 7.11 Å². The Kier molecular flexibility index (Phi) is 4.47. The molecule has 0 unspecified atom stereocenters. The summed E-state index contributed by atoms with van der Waals surface area (Å²) in [6.07, 6.45) is 4.14. The summed E-state index contributed by atoms with van der Waals surface area (Å²) in [4.78, 5) is 15.2. The van der Waals surface area contributed by atoms with Crippen LogP contribution < -0.4 is 4.74 Å². The van der Waals surface area contributed by atoms with Crippen molar-refractivity contribution in [3.05, 3.63) is 23.0 Å². The Balaban J connectivity index is 2.77. The van der Waals surface area contributed by atoms with Gasteiger partial charge in [0, 0.05) is 29.4 Å². The Labute approximate surface area is 96.8 Å². The number of Topliss-reactive ketones (excluding diaryl/α,β-unsaturated/α-hetero) is 1. The van der Waals surface area contributed by atoms with Gasteiger partial charge in [0.25, 0.3) is 0 Å². The molecule has 0 aliphatic rings. The van der Waals surface area contributed by atoms with Crippen molar-refractivity contribution in [3.8, 4) is 5.75 Å². The van der Waals surface area contributed by atoms with Crippen LogP contribution in [0.4, 0.5) is 0 Å². The topological polar surface area (TPSA) is 39.2 Å². The number of methoxy groups -OCH3 is 1. The van der Waals surface area contributed by atoms with Crippen LogP contribution in [0.2, 0.25) is 0 Å². The normalized spacial score (nSPS) is 10.2. The van der Waals surface area contributed by atoms with Gasteiger partial charge in [0.2, 0.25) is 0 Å². The van der Waals surface area contributed by atoms with E-state index in [0.717, 1.165) is 35.4 Å². The van der Waals surface area contributed by atoms with E-state index in [4.69, 9.17) is 4.74 Å². The minimum atomic E-state index is 0.233. The molecule has 0 amide bonds. The van der Waals surface area contributed by atoms with Crippen molar-refractivity contribution in [2.45, 2.75) is 40.0 Å². The van der Waals surface area contributed by atoms with Gasteiger partial charge in [-0.05, 0) is 33.6 Å². The highest BCUT2D eigenvalue weighted by molar-refractivity contribution is 5.75. The molecule has 1 rings (SSSR count). The van der Waals surface area contributed by atoms with E-state index in [1.54, 1.807) is 14.0 Å². The molecule has 0 spiro atoms. The highest BCUT2D eigenvalue weighted by atomic mass is 16.5. The van der Waals surface area contributed by atoms with Gasteiger partial charge in [0.1, 0.15) is 11.5 Å². The number of pyridine rings is 1. The van der Waals surface area contributed by atoms with E-state index in [2.05, 4.69) is 4.98 Å². The number of ketones is 1. The highest BCUT2D eigenvalue weighted by Gasteiger charge is 2.09. The number of aryl methyl sites for hydroxylation is 2. The van der Waals surface area contributed by atoms with Gasteiger partial charge in [-0.25, -0.2) is 0 Å². The zero-order chi connectivity index (χ0) is 12.1. The highest BCUT2D eigenvalue weighted by Crippen LogP contribution is 2.24. The summed E-state index contributed by atoms with van der Waals surface area (Å²) in [7, 11) is 1.68. The maximum Gasteiger partial charge on any atom is 0.129 e. The van der Waals surface area contributed by atoms with Crippen LogP contribution in [0, 0.1) is 13.8 Å². The van der Waals surface area contributed by atoms with Gasteiger partial charge in [0.05, 0.1) is 7.11 Å². The molecule has 0 fully saturated rings. The van der Waals surface area contributed by atoms with Gasteiger partial charge in [-0.1, -0.05) is 0 Å². The lowest BCUT2D eigenvalue weighted by Crippen LogP contribution is -2.01. The van der Waals surface area contributed by atoms with E-state index in [1.807, 2.05) is 20.0 Å². The molecule has 1 heterocycles. The van der Waals surface area contributed by atoms with Gasteiger partial charge in [-0.3, -0.25) is 4.98 Å². The molecular weight excluding hydrogens is 202 g/mol. The van der Waals surface area contributed by atoms with Crippen LogP contribution >= 0.6 is 0 Å². The molecule has 0 N–H and O–H groups in total. The second-order valence-electron chi connectivity index (χ2n) is 4.10. The SMILES string of the molecule is COc1c(C)cnc(CCCC(C)=O)c1C. The number of ether oxygens (including phenoxy) is 1. The number of hydrogen-bond acceptors (Lipinski definition) is 3. The molecule has 0 atom stereocenters. The van der Waals surface area contributed by atoms with E-state index in [-0.39, 0.29) is 5.78 Å². The summed E-state index contributed by atoms with van der Waals surface area (Å²) in [5, 5.41) is 0. The zero-order valence-corrected chi connectivity index (χ0v) is 10.5. The molecule has 0 bridgehead atoms. The Morgan fingerprint density at radius 2 is 2.12 bits per heavy atom. The number of rotatable bonds is 5. The standard InChI is InChI=1S/C13H19NO2/c1-9-8-14-12(7-5-6-10(2)15)11(3)13(9)16-4/h8H,5-7H2,1-4H3. The summed E-state index contributed by atoms with van der Waals surface area (Å²) >= 11 is 0. The Bertz CT molecular complexity index is 386. The van der Waals surface area contributed by atoms with E-state index < -0.39 is 0 Å². The van der Waals surface area contributed by atoms with Crippen LogP contribution in [-0.4, -0.2) is 17.9 Å². The third kappa shape index (κ3) is 3.05. The Hall–Kier alpha value is -1.38. The second-order valence-corrected chi connectivity index (χ2v) is 4.10. The molecule has 16 heavy (non-hydrogen) atoms. The number of carbonyl (C=O) groups is 1. The maximum atomic E-state index is 10.9. The van der Waals surface area contributed by atoms with E-state index >= 15 is 0 Å². The Morgan fingerprint density at radius 3 is 2.69 bits per heavy atom. The predicted molar refractivity (Wildman–Crippen MR) is 63.9 cm³/mol. The molecule has 0 aliphatic heterocycles. The lowest BCUT2D eigenvalue weighted by atomic mass is 10.1. The molecule has 0 aromatic carbocycles. The number of carbonyl (C=O) groups excluding carboxylic acids is 1. The minimum absolute atomic E-state index is 0.233. The van der Waals surface area contributed by atoms with Crippen LogP contribution in [0.15, 0.2) is 6.20 Å². The third-order valence-electron chi connectivity index (χ3n) is 2.69. The molecule has 0 aliphatic carbocycles. The minimum Gasteiger partial charge on any atom is -0.496 e. The van der Waals surface area contributed by atoms with Crippen molar-refractivity contribution in [3.63, 3.8) is 0 Å². The fourth-order valence-corrected chi connectivity index (χ4v) is 1.83. The summed E-state index contributed by atoms with van der Waals surface area (Å²) < 4.78 is 5.34. The lowest BCUT2D eigenvalue weighted by Gasteiger charge is -2.11. The van der Waals surface area contributed by atoms with Crippen LogP contribution in [0.3, 0.4) is 0 Å². The third-order valence-corrected chi connectivity index (χ3v) is 2.69. The molecule has 3 heteroatoms. The maximum absolute atomic E-state index is 10.9.